The first kappa shape index (κ1) is 43.9. The van der Waals surface area contributed by atoms with Crippen molar-refractivity contribution in [1.82, 2.24) is 4.90 Å². The second-order valence-electron chi connectivity index (χ2n) is 11.6. The molecule has 0 aliphatic carbocycles. The third-order valence-electron chi connectivity index (χ3n) is 7.28. The molecule has 0 aliphatic heterocycles. The Morgan fingerprint density at radius 3 is 1.64 bits per heavy atom. The minimum Gasteiger partial charge on any atom is -0.478 e. The summed E-state index contributed by atoms with van der Waals surface area (Å²) in [5, 5.41) is 37.6. The topological polar surface area (TPSA) is 162 Å². The SMILES string of the molecule is C=C(C(=O)O)C(C=C(CC)C(=O)O)(C=C(CCCN(C)C)C(=O)O)CCCCCCCCCCCC.C=C(C)C(=O)OCCO. The summed E-state index contributed by atoms with van der Waals surface area (Å²) >= 11 is 0. The molecule has 0 rings (SSSR count). The maximum absolute atomic E-state index is 12.1. The lowest BCUT2D eigenvalue weighted by atomic mass is 9.73. The molecule has 0 spiro atoms. The number of carbonyl (C=O) groups excluding carboxylic acids is 1. The quantitative estimate of drug-likeness (QED) is 0.0476. The Balaban J connectivity index is 0. The Bertz CT molecular complexity index is 997. The number of carboxylic acids is 3. The number of aliphatic carboxylic acids is 3. The highest BCUT2D eigenvalue weighted by Crippen LogP contribution is 2.40. The zero-order valence-electron chi connectivity index (χ0n) is 28.4. The Kier molecular flexibility index (Phi) is 25.4. The number of unbranched alkanes of at least 4 members (excludes halogenated alkanes) is 9. The van der Waals surface area contributed by atoms with Crippen LogP contribution in [0.4, 0.5) is 0 Å². The van der Waals surface area contributed by atoms with Crippen LogP contribution < -0.4 is 0 Å². The molecule has 0 bridgehead atoms. The number of aliphatic hydroxyl groups excluding tert-OH is 1. The fourth-order valence-corrected chi connectivity index (χ4v) is 4.64. The van der Waals surface area contributed by atoms with Gasteiger partial charge in [0.25, 0.3) is 0 Å². The molecule has 258 valence electrons. The van der Waals surface area contributed by atoms with Crippen LogP contribution >= 0.6 is 0 Å². The first-order valence-electron chi connectivity index (χ1n) is 16.1. The molecule has 0 aliphatic rings. The molecule has 1 atom stereocenters. The molecule has 1 unspecified atom stereocenters. The fourth-order valence-electron chi connectivity index (χ4n) is 4.64. The maximum Gasteiger partial charge on any atom is 0.333 e. The molecule has 0 radical (unpaired) electrons. The van der Waals surface area contributed by atoms with Crippen molar-refractivity contribution in [2.45, 2.75) is 111 Å². The van der Waals surface area contributed by atoms with Crippen molar-refractivity contribution in [2.75, 3.05) is 33.9 Å². The van der Waals surface area contributed by atoms with Crippen LogP contribution in [0.3, 0.4) is 0 Å². The van der Waals surface area contributed by atoms with Gasteiger partial charge in [-0.15, -0.1) is 0 Å². The largest absolute Gasteiger partial charge is 0.478 e. The van der Waals surface area contributed by atoms with Crippen LogP contribution in [0.5, 0.6) is 0 Å². The summed E-state index contributed by atoms with van der Waals surface area (Å²) in [4.78, 5) is 48.4. The molecule has 0 aromatic heterocycles. The number of hydrogen-bond acceptors (Lipinski definition) is 7. The smallest absolute Gasteiger partial charge is 0.333 e. The highest BCUT2D eigenvalue weighted by Gasteiger charge is 2.35. The van der Waals surface area contributed by atoms with Gasteiger partial charge in [-0.05, 0) is 53.2 Å². The standard InChI is InChI=1S/C29H49NO6.C6H10O3/c1-6-8-9-10-11-12-13-14-15-16-19-29(23(3)26(31)32,21-24(7-2)27(33)34)22-25(28(35)36)18-17-20-30(4)5;1-5(2)6(8)9-4-3-7/h21-22H,3,6-20H2,1-2,4-5H3,(H,31,32)(H,33,34)(H,35,36);7H,1,3-4H2,2H3. The first-order chi connectivity index (χ1) is 21.2. The van der Waals surface area contributed by atoms with Crippen molar-refractivity contribution in [3.63, 3.8) is 0 Å². The number of allylic oxidation sites excluding steroid dienone is 2. The highest BCUT2D eigenvalue weighted by atomic mass is 16.5. The summed E-state index contributed by atoms with van der Waals surface area (Å²) in [5.41, 5.74) is -1.08. The van der Waals surface area contributed by atoms with Crippen molar-refractivity contribution in [3.8, 4) is 0 Å². The fraction of sp³-hybridized carbons (Fsp3) is 0.657. The highest BCUT2D eigenvalue weighted by molar-refractivity contribution is 5.92. The molecule has 0 aromatic rings. The lowest BCUT2D eigenvalue weighted by Crippen LogP contribution is -2.26. The molecule has 0 saturated carbocycles. The monoisotopic (exact) mass is 637 g/mol. The lowest BCUT2D eigenvalue weighted by molar-refractivity contribution is -0.140. The van der Waals surface area contributed by atoms with E-state index in [1.54, 1.807) is 13.8 Å². The molecule has 10 heteroatoms. The number of ether oxygens (including phenoxy) is 1. The summed E-state index contributed by atoms with van der Waals surface area (Å²) in [5.74, 6) is -3.97. The van der Waals surface area contributed by atoms with Crippen LogP contribution in [0, 0.1) is 5.41 Å². The van der Waals surface area contributed by atoms with Gasteiger partial charge in [0.2, 0.25) is 0 Å². The first-order valence-corrected chi connectivity index (χ1v) is 16.1. The second kappa shape index (κ2) is 26.0. The van der Waals surface area contributed by atoms with Crippen LogP contribution in [0.15, 0.2) is 47.6 Å². The van der Waals surface area contributed by atoms with Gasteiger partial charge in [-0.3, -0.25) is 0 Å². The van der Waals surface area contributed by atoms with Gasteiger partial charge < -0.3 is 30.1 Å². The third-order valence-corrected chi connectivity index (χ3v) is 7.28. The Labute approximate surface area is 270 Å². The van der Waals surface area contributed by atoms with E-state index in [9.17, 15) is 34.5 Å². The number of carboxylic acid groups (broad SMARTS) is 3. The zero-order valence-corrected chi connectivity index (χ0v) is 28.4. The molecule has 0 aromatic carbocycles. The Morgan fingerprint density at radius 2 is 1.24 bits per heavy atom. The van der Waals surface area contributed by atoms with Crippen LogP contribution in [0.25, 0.3) is 0 Å². The summed E-state index contributed by atoms with van der Waals surface area (Å²) < 4.78 is 4.46. The van der Waals surface area contributed by atoms with Gasteiger partial charge in [-0.1, -0.05) is 103 Å². The number of rotatable bonds is 25. The molecule has 0 amide bonds. The lowest BCUT2D eigenvalue weighted by Gasteiger charge is -2.30. The summed E-state index contributed by atoms with van der Waals surface area (Å²) in [6.07, 6.45) is 15.3. The summed E-state index contributed by atoms with van der Waals surface area (Å²) in [7, 11) is 3.80. The number of hydrogen-bond donors (Lipinski definition) is 4. The van der Waals surface area contributed by atoms with Gasteiger partial charge in [0, 0.05) is 27.7 Å². The predicted molar refractivity (Wildman–Crippen MR) is 178 cm³/mol. The molecule has 0 saturated heterocycles. The minimum atomic E-state index is -1.37. The molecular weight excluding hydrogens is 578 g/mol. The predicted octanol–water partition coefficient (Wildman–Crippen LogP) is 6.80. The Hall–Kier alpha value is -3.24. The molecule has 4 N–H and O–H groups in total. The molecule has 0 heterocycles. The van der Waals surface area contributed by atoms with E-state index < -0.39 is 29.3 Å². The van der Waals surface area contributed by atoms with Crippen LogP contribution in [-0.2, 0) is 23.9 Å². The molecular formula is C35H59NO9. The zero-order chi connectivity index (χ0) is 34.8. The normalized spacial score (nSPS) is 13.0. The Morgan fingerprint density at radius 1 is 0.756 bits per heavy atom. The second-order valence-corrected chi connectivity index (χ2v) is 11.6. The summed E-state index contributed by atoms with van der Waals surface area (Å²) in [6, 6.07) is 0. The average molecular weight is 638 g/mol. The van der Waals surface area contributed by atoms with E-state index in [1.165, 1.54) is 50.7 Å². The van der Waals surface area contributed by atoms with Crippen molar-refractivity contribution < 1.29 is 44.3 Å². The van der Waals surface area contributed by atoms with Gasteiger partial charge >= 0.3 is 23.9 Å². The number of carbonyl (C=O) groups is 4. The molecule has 10 nitrogen and oxygen atoms in total. The number of nitrogens with zero attached hydrogens (tertiary/aromatic N) is 1. The van der Waals surface area contributed by atoms with Crippen LogP contribution in [0.2, 0.25) is 0 Å². The van der Waals surface area contributed by atoms with Crippen molar-refractivity contribution in [1.29, 1.82) is 0 Å². The van der Waals surface area contributed by atoms with Crippen molar-refractivity contribution >= 4 is 23.9 Å². The van der Waals surface area contributed by atoms with Gasteiger partial charge in [0.15, 0.2) is 0 Å². The molecule has 45 heavy (non-hydrogen) atoms. The van der Waals surface area contributed by atoms with Crippen molar-refractivity contribution in [2.24, 2.45) is 5.41 Å². The van der Waals surface area contributed by atoms with Gasteiger partial charge in [-0.2, -0.15) is 0 Å². The van der Waals surface area contributed by atoms with E-state index in [0.717, 1.165) is 19.3 Å². The van der Waals surface area contributed by atoms with E-state index in [4.69, 9.17) is 5.11 Å². The van der Waals surface area contributed by atoms with Crippen LogP contribution in [-0.4, -0.2) is 83.1 Å². The van der Waals surface area contributed by atoms with E-state index in [1.807, 2.05) is 19.0 Å². The van der Waals surface area contributed by atoms with Gasteiger partial charge in [0.1, 0.15) is 6.61 Å². The van der Waals surface area contributed by atoms with Gasteiger partial charge in [0.05, 0.1) is 6.61 Å². The average Bonchev–Trinajstić information content (AvgIpc) is 2.98. The van der Waals surface area contributed by atoms with E-state index in [-0.39, 0.29) is 42.8 Å². The number of esters is 1. The summed E-state index contributed by atoms with van der Waals surface area (Å²) in [6.45, 7) is 13.2. The minimum absolute atomic E-state index is 0.0473. The van der Waals surface area contributed by atoms with E-state index >= 15 is 0 Å². The maximum atomic E-state index is 12.1. The van der Waals surface area contributed by atoms with E-state index in [0.29, 0.717) is 31.4 Å². The van der Waals surface area contributed by atoms with E-state index in [2.05, 4.69) is 24.8 Å². The molecule has 0 fully saturated rings. The van der Waals surface area contributed by atoms with Gasteiger partial charge in [-0.25, -0.2) is 19.2 Å². The van der Waals surface area contributed by atoms with Crippen molar-refractivity contribution in [3.05, 3.63) is 47.6 Å². The third kappa shape index (κ3) is 21.2. The van der Waals surface area contributed by atoms with Crippen LogP contribution in [0.1, 0.15) is 111 Å². The number of aliphatic hydroxyl groups is 1.